The highest BCUT2D eigenvalue weighted by Gasteiger charge is 2.34. The van der Waals surface area contributed by atoms with E-state index in [9.17, 15) is 9.18 Å². The number of aryl methyl sites for hydroxylation is 1. The SMILES string of the molecule is Cc1ccc([C@H]2c3[nH]c4ccccc4c3CCN2C(=O)Nc2ccc(Br)cc2F)cc1. The highest BCUT2D eigenvalue weighted by molar-refractivity contribution is 9.10. The number of hydrogen-bond acceptors (Lipinski definition) is 1. The molecule has 4 nitrogen and oxygen atoms in total. The number of para-hydroxylation sites is 1. The Kier molecular flexibility index (Phi) is 5.02. The topological polar surface area (TPSA) is 48.1 Å². The molecule has 4 aromatic rings. The first-order valence-electron chi connectivity index (χ1n) is 10.2. The average Bonchev–Trinajstić information content (AvgIpc) is 3.14. The van der Waals surface area contributed by atoms with Crippen LogP contribution >= 0.6 is 15.9 Å². The fraction of sp³-hybridized carbons (Fsp3) is 0.160. The minimum Gasteiger partial charge on any atom is -0.356 e. The lowest BCUT2D eigenvalue weighted by Gasteiger charge is -2.36. The van der Waals surface area contributed by atoms with Gasteiger partial charge in [-0.1, -0.05) is 64.0 Å². The maximum absolute atomic E-state index is 14.4. The van der Waals surface area contributed by atoms with Gasteiger partial charge in [0.05, 0.1) is 11.7 Å². The van der Waals surface area contributed by atoms with Crippen molar-refractivity contribution < 1.29 is 9.18 Å². The smallest absolute Gasteiger partial charge is 0.322 e. The Morgan fingerprint density at radius 2 is 1.90 bits per heavy atom. The number of rotatable bonds is 2. The molecule has 2 heterocycles. The van der Waals surface area contributed by atoms with Crippen molar-refractivity contribution in [1.82, 2.24) is 9.88 Å². The molecular weight excluding hydrogens is 457 g/mol. The number of nitrogens with one attached hydrogen (secondary N) is 2. The predicted molar refractivity (Wildman–Crippen MR) is 125 cm³/mol. The van der Waals surface area contributed by atoms with Gasteiger partial charge >= 0.3 is 6.03 Å². The maximum Gasteiger partial charge on any atom is 0.322 e. The summed E-state index contributed by atoms with van der Waals surface area (Å²) in [5.41, 5.74) is 5.65. The summed E-state index contributed by atoms with van der Waals surface area (Å²) in [6.45, 7) is 2.58. The van der Waals surface area contributed by atoms with Gasteiger partial charge in [0.1, 0.15) is 5.82 Å². The molecule has 1 aromatic heterocycles. The molecule has 0 radical (unpaired) electrons. The molecule has 0 bridgehead atoms. The second-order valence-corrected chi connectivity index (χ2v) is 8.79. The lowest BCUT2D eigenvalue weighted by molar-refractivity contribution is 0.193. The van der Waals surface area contributed by atoms with Crippen molar-refractivity contribution in [1.29, 1.82) is 0 Å². The molecule has 6 heteroatoms. The van der Waals surface area contributed by atoms with Gasteiger partial charge < -0.3 is 15.2 Å². The first-order chi connectivity index (χ1) is 15.0. The van der Waals surface area contributed by atoms with Gasteiger partial charge in [0, 0.05) is 27.6 Å². The quantitative estimate of drug-likeness (QED) is 0.337. The number of aromatic amines is 1. The Labute approximate surface area is 188 Å². The molecule has 156 valence electrons. The number of H-pyrrole nitrogens is 1. The van der Waals surface area contributed by atoms with E-state index in [4.69, 9.17) is 0 Å². The van der Waals surface area contributed by atoms with E-state index < -0.39 is 5.82 Å². The molecule has 2 N–H and O–H groups in total. The van der Waals surface area contributed by atoms with Crippen molar-refractivity contribution in [3.63, 3.8) is 0 Å². The molecule has 0 fully saturated rings. The van der Waals surface area contributed by atoms with Crippen molar-refractivity contribution in [2.75, 3.05) is 11.9 Å². The van der Waals surface area contributed by atoms with Gasteiger partial charge in [-0.05, 0) is 48.7 Å². The molecule has 0 saturated heterocycles. The van der Waals surface area contributed by atoms with E-state index in [1.54, 1.807) is 17.0 Å². The van der Waals surface area contributed by atoms with Gasteiger partial charge in [0.2, 0.25) is 0 Å². The number of hydrogen-bond donors (Lipinski definition) is 2. The van der Waals surface area contributed by atoms with Crippen molar-refractivity contribution >= 4 is 38.6 Å². The molecular formula is C25H21BrFN3O. The molecule has 0 saturated carbocycles. The monoisotopic (exact) mass is 477 g/mol. The summed E-state index contributed by atoms with van der Waals surface area (Å²) in [7, 11) is 0. The summed E-state index contributed by atoms with van der Waals surface area (Å²) in [6, 6.07) is 20.4. The molecule has 0 spiro atoms. The third kappa shape index (κ3) is 3.61. The number of anilines is 1. The zero-order chi connectivity index (χ0) is 21.5. The predicted octanol–water partition coefficient (Wildman–Crippen LogP) is 6.56. The highest BCUT2D eigenvalue weighted by atomic mass is 79.9. The maximum atomic E-state index is 14.4. The van der Waals surface area contributed by atoms with Crippen molar-refractivity contribution in [3.05, 3.63) is 99.4 Å². The van der Waals surface area contributed by atoms with Gasteiger partial charge in [0.25, 0.3) is 0 Å². The van der Waals surface area contributed by atoms with E-state index in [1.807, 2.05) is 19.1 Å². The largest absolute Gasteiger partial charge is 0.356 e. The second kappa shape index (κ2) is 7.85. The minimum absolute atomic E-state index is 0.165. The van der Waals surface area contributed by atoms with Crippen LogP contribution in [0.2, 0.25) is 0 Å². The Hall–Kier alpha value is -3.12. The standard InChI is InChI=1S/C25H21BrFN3O/c1-15-6-8-16(9-7-15)24-23-19(18-4-2-3-5-21(18)28-23)12-13-30(24)25(31)29-22-11-10-17(26)14-20(22)27/h2-11,14,24,28H,12-13H2,1H3,(H,29,31)/t24-/m0/s1. The van der Waals surface area contributed by atoms with Crippen LogP contribution in [0.25, 0.3) is 10.9 Å². The van der Waals surface area contributed by atoms with Gasteiger partial charge in [-0.25, -0.2) is 9.18 Å². The molecule has 1 aliphatic rings. The number of fused-ring (bicyclic) bond motifs is 3. The van der Waals surface area contributed by atoms with Crippen LogP contribution in [0, 0.1) is 12.7 Å². The number of benzene rings is 3. The zero-order valence-corrected chi connectivity index (χ0v) is 18.5. The van der Waals surface area contributed by atoms with Crippen molar-refractivity contribution in [3.8, 4) is 0 Å². The minimum atomic E-state index is -0.474. The summed E-state index contributed by atoms with van der Waals surface area (Å²) >= 11 is 3.25. The molecule has 0 unspecified atom stereocenters. The molecule has 1 aliphatic heterocycles. The van der Waals surface area contributed by atoms with E-state index in [-0.39, 0.29) is 17.8 Å². The van der Waals surface area contributed by atoms with E-state index in [2.05, 4.69) is 62.6 Å². The van der Waals surface area contributed by atoms with E-state index >= 15 is 0 Å². The number of halogens is 2. The van der Waals surface area contributed by atoms with Crippen LogP contribution < -0.4 is 5.32 Å². The van der Waals surface area contributed by atoms with Gasteiger partial charge in [-0.3, -0.25) is 0 Å². The summed E-state index contributed by atoms with van der Waals surface area (Å²) in [6.07, 6.45) is 0.734. The Balaban J connectivity index is 1.57. The lowest BCUT2D eigenvalue weighted by atomic mass is 9.92. The van der Waals surface area contributed by atoms with Crippen LogP contribution in [-0.4, -0.2) is 22.5 Å². The second-order valence-electron chi connectivity index (χ2n) is 7.87. The highest BCUT2D eigenvalue weighted by Crippen LogP contribution is 2.38. The summed E-state index contributed by atoms with van der Waals surface area (Å²) < 4.78 is 15.0. The van der Waals surface area contributed by atoms with Gasteiger partial charge in [0.15, 0.2) is 0 Å². The summed E-state index contributed by atoms with van der Waals surface area (Å²) in [5.74, 6) is -0.474. The van der Waals surface area contributed by atoms with Gasteiger partial charge in [-0.2, -0.15) is 0 Å². The first-order valence-corrected chi connectivity index (χ1v) is 11.0. The van der Waals surface area contributed by atoms with E-state index in [0.717, 1.165) is 28.8 Å². The summed E-state index contributed by atoms with van der Waals surface area (Å²) in [5, 5.41) is 3.95. The molecule has 3 aromatic carbocycles. The third-order valence-corrected chi connectivity index (χ3v) is 6.35. The normalized spacial score (nSPS) is 15.7. The average molecular weight is 478 g/mol. The fourth-order valence-electron chi connectivity index (χ4n) is 4.33. The number of nitrogens with zero attached hydrogens (tertiary/aromatic N) is 1. The van der Waals surface area contributed by atoms with Crippen LogP contribution in [0.5, 0.6) is 0 Å². The fourth-order valence-corrected chi connectivity index (χ4v) is 4.67. The number of amides is 2. The Morgan fingerprint density at radius 1 is 1.13 bits per heavy atom. The molecule has 0 aliphatic carbocycles. The number of aromatic nitrogens is 1. The van der Waals surface area contributed by atoms with Crippen LogP contribution in [0.15, 0.2) is 71.2 Å². The van der Waals surface area contributed by atoms with E-state index in [0.29, 0.717) is 11.0 Å². The lowest BCUT2D eigenvalue weighted by Crippen LogP contribution is -2.43. The Morgan fingerprint density at radius 3 is 2.68 bits per heavy atom. The Bertz CT molecular complexity index is 1280. The first kappa shape index (κ1) is 19.8. The molecule has 5 rings (SSSR count). The number of carbonyl (C=O) groups is 1. The van der Waals surface area contributed by atoms with Crippen LogP contribution in [-0.2, 0) is 6.42 Å². The van der Waals surface area contributed by atoms with Crippen LogP contribution in [0.1, 0.15) is 28.4 Å². The molecule has 31 heavy (non-hydrogen) atoms. The summed E-state index contributed by atoms with van der Waals surface area (Å²) in [4.78, 5) is 18.6. The van der Waals surface area contributed by atoms with Crippen molar-refractivity contribution in [2.45, 2.75) is 19.4 Å². The van der Waals surface area contributed by atoms with E-state index in [1.165, 1.54) is 17.0 Å². The number of carbonyl (C=O) groups excluding carboxylic acids is 1. The van der Waals surface area contributed by atoms with Crippen LogP contribution in [0.4, 0.5) is 14.9 Å². The molecule has 2 amide bonds. The van der Waals surface area contributed by atoms with Crippen LogP contribution in [0.3, 0.4) is 0 Å². The van der Waals surface area contributed by atoms with Crippen molar-refractivity contribution in [2.24, 2.45) is 0 Å². The number of urea groups is 1. The third-order valence-electron chi connectivity index (χ3n) is 5.86. The molecule has 1 atom stereocenters. The zero-order valence-electron chi connectivity index (χ0n) is 17.0. The van der Waals surface area contributed by atoms with Gasteiger partial charge in [-0.15, -0.1) is 0 Å².